The maximum absolute atomic E-state index is 10.0. The molecule has 0 fully saturated rings. The molecule has 0 saturated heterocycles. The quantitative estimate of drug-likeness (QED) is 0.279. The summed E-state index contributed by atoms with van der Waals surface area (Å²) in [6.07, 6.45) is 8.54. The minimum absolute atomic E-state index is 0. The molecule has 0 saturated carbocycles. The molecule has 146 valence electrons. The summed E-state index contributed by atoms with van der Waals surface area (Å²) < 4.78 is 0. The Morgan fingerprint density at radius 1 is 0.615 bits per heavy atom. The van der Waals surface area contributed by atoms with E-state index < -0.39 is 11.9 Å². The number of carboxylic acids is 2. The van der Waals surface area contributed by atoms with E-state index in [9.17, 15) is 19.8 Å². The smallest absolute Gasteiger partial charge is 0.550 e. The number of aliphatic carboxylic acids is 2. The molecule has 0 bridgehead atoms. The van der Waals surface area contributed by atoms with Crippen LogP contribution in [-0.4, -0.2) is 38.1 Å². The zero-order valence-electron chi connectivity index (χ0n) is 17.9. The standard InChI is InChI=1S/2C10H20O2.Bi.Zn/c2*1-10(2,3)8-6-4-5-7-9(11)12;;/h2*4-8H2,1-3H3,(H,11,12);;/q;;+3;+2/p-2. The van der Waals surface area contributed by atoms with E-state index in [2.05, 4.69) is 41.5 Å². The summed E-state index contributed by atoms with van der Waals surface area (Å²) in [6, 6.07) is 0. The first kappa shape index (κ1) is 34.0. The normalized spacial score (nSPS) is 10.7. The average Bonchev–Trinajstić information content (AvgIpc) is 2.35. The second-order valence-electron chi connectivity index (χ2n) is 8.99. The topological polar surface area (TPSA) is 80.3 Å². The van der Waals surface area contributed by atoms with Crippen LogP contribution in [0.25, 0.3) is 0 Å². The summed E-state index contributed by atoms with van der Waals surface area (Å²) in [6.45, 7) is 13.2. The minimum Gasteiger partial charge on any atom is -0.550 e. The van der Waals surface area contributed by atoms with E-state index in [4.69, 9.17) is 0 Å². The Morgan fingerprint density at radius 3 is 1.08 bits per heavy atom. The van der Waals surface area contributed by atoms with Crippen LogP contribution >= 0.6 is 0 Å². The van der Waals surface area contributed by atoms with E-state index >= 15 is 0 Å². The molecule has 0 unspecified atom stereocenters. The van der Waals surface area contributed by atoms with Crippen molar-refractivity contribution in [2.45, 2.75) is 106 Å². The first-order valence-corrected chi connectivity index (χ1v) is 9.23. The second kappa shape index (κ2) is 18.8. The minimum atomic E-state index is -0.925. The molecule has 0 aromatic heterocycles. The van der Waals surface area contributed by atoms with Gasteiger partial charge in [-0.05, 0) is 49.4 Å². The summed E-state index contributed by atoms with van der Waals surface area (Å²) >= 11 is 0. The van der Waals surface area contributed by atoms with Crippen molar-refractivity contribution in [3.05, 3.63) is 0 Å². The van der Waals surface area contributed by atoms with Gasteiger partial charge in [-0.1, -0.05) is 67.2 Å². The maximum Gasteiger partial charge on any atom is 3.00 e. The predicted molar refractivity (Wildman–Crippen MR) is 101 cm³/mol. The average molecular weight is 617 g/mol. The third-order valence-electron chi connectivity index (χ3n) is 3.62. The number of hydrogen-bond donors (Lipinski definition) is 0. The van der Waals surface area contributed by atoms with Crippen LogP contribution in [-0.2, 0) is 29.1 Å². The van der Waals surface area contributed by atoms with E-state index in [1.165, 1.54) is 12.8 Å². The van der Waals surface area contributed by atoms with Gasteiger partial charge in [-0.15, -0.1) is 0 Å². The molecule has 0 spiro atoms. The van der Waals surface area contributed by atoms with Crippen LogP contribution < -0.4 is 10.2 Å². The largest absolute Gasteiger partial charge is 3.00 e. The molecule has 6 heteroatoms. The third-order valence-corrected chi connectivity index (χ3v) is 3.62. The molecule has 0 aromatic rings. The molecule has 0 atom stereocenters. The Hall–Kier alpha value is 0.446. The summed E-state index contributed by atoms with van der Waals surface area (Å²) in [4.78, 5) is 20.1. The molecule has 0 amide bonds. The van der Waals surface area contributed by atoms with Gasteiger partial charge in [0.25, 0.3) is 0 Å². The monoisotopic (exact) mass is 615 g/mol. The van der Waals surface area contributed by atoms with Crippen LogP contribution in [0.15, 0.2) is 0 Å². The van der Waals surface area contributed by atoms with E-state index in [0.717, 1.165) is 38.5 Å². The van der Waals surface area contributed by atoms with Gasteiger partial charge in [0, 0.05) is 11.9 Å². The molecule has 2 radical (unpaired) electrons. The third kappa shape index (κ3) is 39.5. The molecule has 4 nitrogen and oxygen atoms in total. The van der Waals surface area contributed by atoms with Gasteiger partial charge in [0.2, 0.25) is 0 Å². The van der Waals surface area contributed by atoms with Crippen molar-refractivity contribution in [3.63, 3.8) is 0 Å². The molecule has 0 heterocycles. The Morgan fingerprint density at radius 2 is 0.885 bits per heavy atom. The van der Waals surface area contributed by atoms with Crippen molar-refractivity contribution in [1.82, 2.24) is 0 Å². The first-order chi connectivity index (χ1) is 10.8. The molecule has 0 N–H and O–H groups in total. The van der Waals surface area contributed by atoms with Crippen molar-refractivity contribution >= 4 is 38.1 Å². The van der Waals surface area contributed by atoms with Crippen molar-refractivity contribution in [2.75, 3.05) is 0 Å². The van der Waals surface area contributed by atoms with Crippen LogP contribution in [0.4, 0.5) is 0 Å². The molecule has 26 heavy (non-hydrogen) atoms. The van der Waals surface area contributed by atoms with E-state index in [0.29, 0.717) is 10.8 Å². The summed E-state index contributed by atoms with van der Waals surface area (Å²) in [7, 11) is 0. The number of carboxylic acid groups (broad SMARTS) is 2. The van der Waals surface area contributed by atoms with Crippen LogP contribution in [0.2, 0.25) is 0 Å². The fraction of sp³-hybridized carbons (Fsp3) is 0.900. The maximum atomic E-state index is 10.0. The Bertz CT molecular complexity index is 313. The van der Waals surface area contributed by atoms with Crippen molar-refractivity contribution in [1.29, 1.82) is 0 Å². The van der Waals surface area contributed by atoms with E-state index in [1.54, 1.807) is 0 Å². The second-order valence-corrected chi connectivity index (χ2v) is 8.99. The van der Waals surface area contributed by atoms with Gasteiger partial charge in [0.1, 0.15) is 0 Å². The van der Waals surface area contributed by atoms with Gasteiger partial charge in [0.05, 0.1) is 0 Å². The Balaban J connectivity index is -0.000000173. The zero-order chi connectivity index (χ0) is 19.2. The van der Waals surface area contributed by atoms with Crippen LogP contribution in [0.3, 0.4) is 0 Å². The van der Waals surface area contributed by atoms with Crippen molar-refractivity contribution < 1.29 is 39.3 Å². The van der Waals surface area contributed by atoms with Gasteiger partial charge < -0.3 is 19.8 Å². The number of carbonyl (C=O) groups excluding carboxylic acids is 2. The molecular weight excluding hydrogens is 579 g/mol. The predicted octanol–water partition coefficient (Wildman–Crippen LogP) is 3.08. The molecular formula is C20H38BiO4Zn+3. The fourth-order valence-corrected chi connectivity index (χ4v) is 2.20. The molecule has 0 aliphatic heterocycles. The van der Waals surface area contributed by atoms with Crippen LogP contribution in [0, 0.1) is 10.8 Å². The summed E-state index contributed by atoms with van der Waals surface area (Å²) in [5, 5.41) is 20.1. The van der Waals surface area contributed by atoms with Gasteiger partial charge >= 0.3 is 45.7 Å². The SMILES string of the molecule is CC(C)(C)CCCCCC(=O)[O-].CC(C)(C)CCCCCC(=O)[O-].[Bi+3].[Zn+2]. The van der Waals surface area contributed by atoms with Crippen LogP contribution in [0.1, 0.15) is 106 Å². The first-order valence-electron chi connectivity index (χ1n) is 9.23. The van der Waals surface area contributed by atoms with Crippen LogP contribution in [0.5, 0.6) is 0 Å². The van der Waals surface area contributed by atoms with Crippen molar-refractivity contribution in [3.8, 4) is 0 Å². The van der Waals surface area contributed by atoms with Gasteiger partial charge in [-0.3, -0.25) is 0 Å². The van der Waals surface area contributed by atoms with Crippen molar-refractivity contribution in [2.24, 2.45) is 10.8 Å². The molecule has 0 rings (SSSR count). The fourth-order valence-electron chi connectivity index (χ4n) is 2.20. The Kier molecular flexibility index (Phi) is 24.6. The molecule has 0 aliphatic carbocycles. The summed E-state index contributed by atoms with van der Waals surface area (Å²) in [5.74, 6) is -1.85. The zero-order valence-corrected chi connectivity index (χ0v) is 24.3. The molecule has 0 aromatic carbocycles. The Labute approximate surface area is 193 Å². The number of hydrogen-bond acceptors (Lipinski definition) is 4. The number of rotatable bonds is 10. The summed E-state index contributed by atoms with van der Waals surface area (Å²) in [5.41, 5.74) is 0.753. The van der Waals surface area contributed by atoms with Gasteiger partial charge in [-0.2, -0.15) is 0 Å². The van der Waals surface area contributed by atoms with Gasteiger partial charge in [-0.25, -0.2) is 0 Å². The number of unbranched alkanes of at least 4 members (excludes halogenated alkanes) is 4. The molecule has 0 aliphatic rings. The van der Waals surface area contributed by atoms with Gasteiger partial charge in [0.15, 0.2) is 0 Å². The van der Waals surface area contributed by atoms with E-state index in [-0.39, 0.29) is 58.5 Å². The van der Waals surface area contributed by atoms with E-state index in [1.807, 2.05) is 0 Å². The number of carbonyl (C=O) groups is 2.